The average molecular weight is 513 g/mol. The minimum atomic E-state index is 0. The number of benzene rings is 3. The van der Waals surface area contributed by atoms with E-state index in [0.29, 0.717) is 0 Å². The molecule has 0 amide bonds. The number of anilines is 2. The fraction of sp³-hybridized carbons (Fsp3) is 0.280. The van der Waals surface area contributed by atoms with Crippen LogP contribution in [0.1, 0.15) is 0 Å². The molecule has 1 N–H and O–H groups in total. The van der Waals surface area contributed by atoms with E-state index in [1.54, 1.807) is 7.11 Å². The molecule has 1 saturated heterocycles. The van der Waals surface area contributed by atoms with Gasteiger partial charge in [0.05, 0.1) is 18.5 Å². The monoisotopic (exact) mass is 511 g/mol. The van der Waals surface area contributed by atoms with Crippen LogP contribution in [0.3, 0.4) is 0 Å². The van der Waals surface area contributed by atoms with Crippen molar-refractivity contribution in [2.24, 2.45) is 0 Å². The molecular weight excluding hydrogens is 481 g/mol. The molecule has 1 fully saturated rings. The zero-order valence-corrected chi connectivity index (χ0v) is 21.1. The van der Waals surface area contributed by atoms with Crippen LogP contribution in [0.5, 0.6) is 17.2 Å². The molecule has 5 nitrogen and oxygen atoms in total. The summed E-state index contributed by atoms with van der Waals surface area (Å²) < 4.78 is 11.6. The second-order valence-corrected chi connectivity index (χ2v) is 7.34. The van der Waals surface area contributed by atoms with Gasteiger partial charge >= 0.3 is 0 Å². The van der Waals surface area contributed by atoms with Gasteiger partial charge in [-0.25, -0.2) is 0 Å². The van der Waals surface area contributed by atoms with Crippen molar-refractivity contribution >= 4 is 48.6 Å². The van der Waals surface area contributed by atoms with Crippen LogP contribution in [-0.2, 0) is 0 Å². The Labute approximate surface area is 215 Å². The van der Waals surface area contributed by atoms with Gasteiger partial charge in [-0.3, -0.25) is 4.90 Å². The molecule has 0 radical (unpaired) electrons. The maximum atomic E-state index is 6.04. The number of hydrogen-bond acceptors (Lipinski definition) is 5. The molecule has 3 aromatic rings. The van der Waals surface area contributed by atoms with Gasteiger partial charge in [-0.2, -0.15) is 0 Å². The van der Waals surface area contributed by atoms with Crippen LogP contribution in [0.25, 0.3) is 0 Å². The number of rotatable bonds is 8. The van der Waals surface area contributed by atoms with Crippen LogP contribution < -0.4 is 19.7 Å². The first-order chi connectivity index (χ1) is 14.8. The number of methoxy groups -OCH3 is 1. The predicted molar refractivity (Wildman–Crippen MR) is 145 cm³/mol. The number of para-hydroxylation sites is 5. The molecule has 4 rings (SSSR count). The molecule has 1 aliphatic rings. The molecule has 8 heteroatoms. The number of nitrogens with zero attached hydrogens (tertiary/aromatic N) is 2. The zero-order valence-electron chi connectivity index (χ0n) is 18.7. The molecule has 33 heavy (non-hydrogen) atoms. The van der Waals surface area contributed by atoms with E-state index in [9.17, 15) is 0 Å². The van der Waals surface area contributed by atoms with E-state index in [0.717, 1.165) is 62.2 Å². The van der Waals surface area contributed by atoms with Crippen molar-refractivity contribution in [3.63, 3.8) is 0 Å². The number of halogens is 3. The molecule has 180 valence electrons. The van der Waals surface area contributed by atoms with E-state index in [-0.39, 0.29) is 37.2 Å². The summed E-state index contributed by atoms with van der Waals surface area (Å²) in [5.74, 6) is 2.64. The fourth-order valence-electron chi connectivity index (χ4n) is 3.77. The summed E-state index contributed by atoms with van der Waals surface area (Å²) in [6, 6.07) is 26.3. The van der Waals surface area contributed by atoms with E-state index in [1.807, 2.05) is 60.7 Å². The van der Waals surface area contributed by atoms with E-state index < -0.39 is 0 Å². The first-order valence-corrected chi connectivity index (χ1v) is 10.5. The lowest BCUT2D eigenvalue weighted by molar-refractivity contribution is 0.266. The maximum absolute atomic E-state index is 6.04. The fourth-order valence-corrected chi connectivity index (χ4v) is 3.77. The van der Waals surface area contributed by atoms with Crippen molar-refractivity contribution in [2.75, 3.05) is 56.6 Å². The molecule has 0 bridgehead atoms. The lowest BCUT2D eigenvalue weighted by Gasteiger charge is -2.36. The molecule has 0 aliphatic carbocycles. The molecule has 3 aromatic carbocycles. The molecule has 0 saturated carbocycles. The Kier molecular flexibility index (Phi) is 12.8. The van der Waals surface area contributed by atoms with Gasteiger partial charge in [0.25, 0.3) is 0 Å². The summed E-state index contributed by atoms with van der Waals surface area (Å²) in [5, 5.41) is 3.54. The third-order valence-corrected chi connectivity index (χ3v) is 5.40. The SMILES string of the molecule is COc1ccccc1N1CCN(CCNc2ccccc2Oc2ccccc2)CC1.Cl.Cl.Cl. The van der Waals surface area contributed by atoms with E-state index in [4.69, 9.17) is 9.47 Å². The van der Waals surface area contributed by atoms with Gasteiger partial charge in [0.2, 0.25) is 0 Å². The normalized spacial score (nSPS) is 13.1. The zero-order chi connectivity index (χ0) is 20.6. The predicted octanol–water partition coefficient (Wildman–Crippen LogP) is 5.99. The van der Waals surface area contributed by atoms with Gasteiger partial charge < -0.3 is 19.7 Å². The standard InChI is InChI=1S/C25H29N3O2.3ClH/c1-29-25-14-8-6-12-23(25)28-19-17-27(18-20-28)16-15-26-22-11-5-7-13-24(22)30-21-9-3-2-4-10-21;;;/h2-14,26H,15-20H2,1H3;3*1H. The largest absolute Gasteiger partial charge is 0.495 e. The highest BCUT2D eigenvalue weighted by Crippen LogP contribution is 2.30. The van der Waals surface area contributed by atoms with Crippen LogP contribution in [0.15, 0.2) is 78.9 Å². The first-order valence-electron chi connectivity index (χ1n) is 10.5. The first kappa shape index (κ1) is 28.7. The Hall–Kier alpha value is -2.31. The topological polar surface area (TPSA) is 37.0 Å². The molecule has 0 atom stereocenters. The smallest absolute Gasteiger partial charge is 0.150 e. The highest BCUT2D eigenvalue weighted by atomic mass is 35.5. The summed E-state index contributed by atoms with van der Waals surface area (Å²) in [4.78, 5) is 4.91. The van der Waals surface area contributed by atoms with Crippen molar-refractivity contribution in [1.82, 2.24) is 4.90 Å². The van der Waals surface area contributed by atoms with Gasteiger partial charge in [-0.1, -0.05) is 42.5 Å². The number of hydrogen-bond donors (Lipinski definition) is 1. The van der Waals surface area contributed by atoms with Crippen LogP contribution in [0.2, 0.25) is 0 Å². The highest BCUT2D eigenvalue weighted by molar-refractivity contribution is 5.86. The molecular formula is C25H32Cl3N3O2. The molecule has 0 unspecified atom stereocenters. The number of nitrogens with one attached hydrogen (secondary N) is 1. The van der Waals surface area contributed by atoms with Crippen LogP contribution in [0, 0.1) is 0 Å². The number of piperazine rings is 1. The van der Waals surface area contributed by atoms with Gasteiger partial charge in [0.1, 0.15) is 11.5 Å². The summed E-state index contributed by atoms with van der Waals surface area (Å²) in [6.07, 6.45) is 0. The van der Waals surface area contributed by atoms with Gasteiger partial charge in [0.15, 0.2) is 5.75 Å². The van der Waals surface area contributed by atoms with Crippen molar-refractivity contribution in [3.8, 4) is 17.2 Å². The summed E-state index contributed by atoms with van der Waals surface area (Å²) >= 11 is 0. The van der Waals surface area contributed by atoms with Crippen LogP contribution in [0.4, 0.5) is 11.4 Å². The molecule has 0 aromatic heterocycles. The summed E-state index contributed by atoms with van der Waals surface area (Å²) in [6.45, 7) is 5.98. The lowest BCUT2D eigenvalue weighted by Crippen LogP contribution is -2.47. The Bertz CT molecular complexity index is 939. The Morgan fingerprint density at radius 3 is 2.03 bits per heavy atom. The highest BCUT2D eigenvalue weighted by Gasteiger charge is 2.19. The van der Waals surface area contributed by atoms with E-state index in [2.05, 4.69) is 33.3 Å². The van der Waals surface area contributed by atoms with E-state index in [1.165, 1.54) is 5.69 Å². The van der Waals surface area contributed by atoms with Crippen LogP contribution >= 0.6 is 37.2 Å². The minimum absolute atomic E-state index is 0. The Balaban J connectivity index is 0.00000181. The van der Waals surface area contributed by atoms with Gasteiger partial charge in [-0.15, -0.1) is 37.2 Å². The Morgan fingerprint density at radius 2 is 1.33 bits per heavy atom. The van der Waals surface area contributed by atoms with Gasteiger partial charge in [0, 0.05) is 39.3 Å². The average Bonchev–Trinajstić information content (AvgIpc) is 2.81. The quantitative estimate of drug-likeness (QED) is 0.401. The third-order valence-electron chi connectivity index (χ3n) is 5.40. The Morgan fingerprint density at radius 1 is 0.727 bits per heavy atom. The van der Waals surface area contributed by atoms with Crippen molar-refractivity contribution in [1.29, 1.82) is 0 Å². The molecule has 1 heterocycles. The third kappa shape index (κ3) is 7.90. The lowest BCUT2D eigenvalue weighted by atomic mass is 10.2. The number of ether oxygens (including phenoxy) is 2. The second-order valence-electron chi connectivity index (χ2n) is 7.34. The van der Waals surface area contributed by atoms with Crippen molar-refractivity contribution in [2.45, 2.75) is 0 Å². The minimum Gasteiger partial charge on any atom is -0.495 e. The summed E-state index contributed by atoms with van der Waals surface area (Å²) in [5.41, 5.74) is 2.21. The summed E-state index contributed by atoms with van der Waals surface area (Å²) in [7, 11) is 1.74. The second kappa shape index (κ2) is 14.8. The molecule has 0 spiro atoms. The van der Waals surface area contributed by atoms with Crippen molar-refractivity contribution < 1.29 is 9.47 Å². The van der Waals surface area contributed by atoms with Gasteiger partial charge in [-0.05, 0) is 36.4 Å². The van der Waals surface area contributed by atoms with Crippen molar-refractivity contribution in [3.05, 3.63) is 78.9 Å². The van der Waals surface area contributed by atoms with Crippen LogP contribution in [-0.4, -0.2) is 51.3 Å². The van der Waals surface area contributed by atoms with E-state index >= 15 is 0 Å². The molecule has 1 aliphatic heterocycles. The maximum Gasteiger partial charge on any atom is 0.150 e.